The van der Waals surface area contributed by atoms with Crippen molar-refractivity contribution in [1.29, 1.82) is 0 Å². The number of carbonyl (C=O) groups excluding carboxylic acids is 1. The van der Waals surface area contributed by atoms with E-state index in [2.05, 4.69) is 5.32 Å². The van der Waals surface area contributed by atoms with Crippen LogP contribution in [0, 0.1) is 0 Å². The minimum absolute atomic E-state index is 0.00407. The summed E-state index contributed by atoms with van der Waals surface area (Å²) in [7, 11) is 1.62. The van der Waals surface area contributed by atoms with Crippen LogP contribution in [0.1, 0.15) is 6.92 Å². The Balaban J connectivity index is 2.09. The molecule has 19 heavy (non-hydrogen) atoms. The largest absolute Gasteiger partial charge is 0.398 e. The molecule has 5 heteroatoms. The fourth-order valence-corrected chi connectivity index (χ4v) is 2.15. The second-order valence-corrected chi connectivity index (χ2v) is 4.65. The molecule has 0 aliphatic carbocycles. The van der Waals surface area contributed by atoms with E-state index in [0.717, 1.165) is 16.6 Å². The van der Waals surface area contributed by atoms with E-state index >= 15 is 0 Å². The van der Waals surface area contributed by atoms with E-state index in [0.29, 0.717) is 6.61 Å². The number of aromatic nitrogens is 1. The molecule has 0 radical (unpaired) electrons. The van der Waals surface area contributed by atoms with Gasteiger partial charge < -0.3 is 20.4 Å². The third-order valence-electron chi connectivity index (χ3n) is 2.99. The predicted octanol–water partition coefficient (Wildman–Crippen LogP) is 1.37. The van der Waals surface area contributed by atoms with Gasteiger partial charge in [-0.05, 0) is 25.1 Å². The number of rotatable bonds is 5. The predicted molar refractivity (Wildman–Crippen MR) is 75.8 cm³/mol. The van der Waals surface area contributed by atoms with Crippen molar-refractivity contribution >= 4 is 22.5 Å². The van der Waals surface area contributed by atoms with E-state index in [9.17, 15) is 4.79 Å². The highest BCUT2D eigenvalue weighted by Crippen LogP contribution is 2.21. The Labute approximate surface area is 112 Å². The number of hydrogen-bond acceptors (Lipinski definition) is 3. The molecule has 1 unspecified atom stereocenters. The summed E-state index contributed by atoms with van der Waals surface area (Å²) in [6.07, 6.45) is 1.88. The van der Waals surface area contributed by atoms with Gasteiger partial charge in [-0.2, -0.15) is 0 Å². The van der Waals surface area contributed by atoms with Gasteiger partial charge in [0.25, 0.3) is 0 Å². The van der Waals surface area contributed by atoms with Crippen LogP contribution < -0.4 is 11.1 Å². The Bertz CT molecular complexity index is 577. The van der Waals surface area contributed by atoms with Crippen LogP contribution >= 0.6 is 0 Å². The van der Waals surface area contributed by atoms with Crippen LogP contribution in [0.15, 0.2) is 30.5 Å². The van der Waals surface area contributed by atoms with Gasteiger partial charge in [-0.1, -0.05) is 6.07 Å². The molecule has 2 rings (SSSR count). The number of methoxy groups -OCH3 is 1. The van der Waals surface area contributed by atoms with Crippen molar-refractivity contribution in [1.82, 2.24) is 9.88 Å². The van der Waals surface area contributed by atoms with Crippen LogP contribution in [-0.4, -0.2) is 30.2 Å². The lowest BCUT2D eigenvalue weighted by Gasteiger charge is -2.13. The summed E-state index contributed by atoms with van der Waals surface area (Å²) < 4.78 is 6.88. The molecule has 0 aliphatic heterocycles. The lowest BCUT2D eigenvalue weighted by atomic mass is 10.2. The van der Waals surface area contributed by atoms with Gasteiger partial charge in [0.2, 0.25) is 5.91 Å². The summed E-state index contributed by atoms with van der Waals surface area (Å²) in [6.45, 7) is 2.69. The highest BCUT2D eigenvalue weighted by molar-refractivity contribution is 5.92. The van der Waals surface area contributed by atoms with Crippen LogP contribution in [-0.2, 0) is 16.1 Å². The molecule has 3 N–H and O–H groups in total. The molecular formula is C14H19N3O2. The Morgan fingerprint density at radius 1 is 1.47 bits per heavy atom. The summed E-state index contributed by atoms with van der Waals surface area (Å²) in [5, 5.41) is 3.85. The molecule has 1 heterocycles. The zero-order valence-electron chi connectivity index (χ0n) is 11.2. The van der Waals surface area contributed by atoms with E-state index < -0.39 is 0 Å². The number of hydrogen-bond donors (Lipinski definition) is 2. The molecule has 0 spiro atoms. The fraction of sp³-hybridized carbons (Fsp3) is 0.357. The van der Waals surface area contributed by atoms with E-state index in [1.54, 1.807) is 7.11 Å². The maximum absolute atomic E-state index is 11.9. The van der Waals surface area contributed by atoms with Crippen molar-refractivity contribution in [2.75, 3.05) is 19.5 Å². The smallest absolute Gasteiger partial charge is 0.240 e. The Morgan fingerprint density at radius 2 is 2.26 bits per heavy atom. The van der Waals surface area contributed by atoms with Gasteiger partial charge in [0.1, 0.15) is 6.54 Å². The molecular weight excluding hydrogens is 242 g/mol. The highest BCUT2D eigenvalue weighted by Gasteiger charge is 2.10. The molecule has 1 amide bonds. The molecule has 0 bridgehead atoms. The molecule has 5 nitrogen and oxygen atoms in total. The molecule has 0 saturated heterocycles. The van der Waals surface area contributed by atoms with Crippen LogP contribution in [0.3, 0.4) is 0 Å². The van der Waals surface area contributed by atoms with Crippen molar-refractivity contribution in [3.05, 3.63) is 30.5 Å². The van der Waals surface area contributed by atoms with Crippen LogP contribution in [0.2, 0.25) is 0 Å². The van der Waals surface area contributed by atoms with Crippen LogP contribution in [0.4, 0.5) is 5.69 Å². The van der Waals surface area contributed by atoms with Crippen molar-refractivity contribution in [2.24, 2.45) is 0 Å². The molecule has 0 fully saturated rings. The van der Waals surface area contributed by atoms with E-state index in [-0.39, 0.29) is 18.5 Å². The molecule has 1 atom stereocenters. The van der Waals surface area contributed by atoms with Gasteiger partial charge in [-0.25, -0.2) is 0 Å². The number of carbonyl (C=O) groups is 1. The topological polar surface area (TPSA) is 69.3 Å². The van der Waals surface area contributed by atoms with E-state index in [4.69, 9.17) is 10.5 Å². The lowest BCUT2D eigenvalue weighted by molar-refractivity contribution is -0.122. The highest BCUT2D eigenvalue weighted by atomic mass is 16.5. The minimum Gasteiger partial charge on any atom is -0.398 e. The second-order valence-electron chi connectivity index (χ2n) is 4.65. The van der Waals surface area contributed by atoms with Crippen LogP contribution in [0.5, 0.6) is 0 Å². The van der Waals surface area contributed by atoms with Crippen molar-refractivity contribution in [3.63, 3.8) is 0 Å². The van der Waals surface area contributed by atoms with Gasteiger partial charge in [0, 0.05) is 30.4 Å². The van der Waals surface area contributed by atoms with E-state index in [1.807, 2.05) is 42.0 Å². The monoisotopic (exact) mass is 261 g/mol. The zero-order valence-corrected chi connectivity index (χ0v) is 11.2. The Kier molecular flexibility index (Phi) is 4.06. The maximum Gasteiger partial charge on any atom is 0.240 e. The first kappa shape index (κ1) is 13.4. The average molecular weight is 261 g/mol. The molecule has 0 saturated carbocycles. The summed E-state index contributed by atoms with van der Waals surface area (Å²) in [5.41, 5.74) is 7.58. The molecule has 2 aromatic rings. The number of nitrogens with zero attached hydrogens (tertiary/aromatic N) is 1. The van der Waals surface area contributed by atoms with Crippen LogP contribution in [0.25, 0.3) is 10.9 Å². The number of nitrogens with one attached hydrogen (secondary N) is 1. The first-order valence-electron chi connectivity index (χ1n) is 6.23. The fourth-order valence-electron chi connectivity index (χ4n) is 2.15. The number of fused-ring (bicyclic) bond motifs is 1. The molecule has 102 valence electrons. The quantitative estimate of drug-likeness (QED) is 0.799. The van der Waals surface area contributed by atoms with Gasteiger partial charge in [0.15, 0.2) is 0 Å². The van der Waals surface area contributed by atoms with E-state index in [1.165, 1.54) is 0 Å². The van der Waals surface area contributed by atoms with Gasteiger partial charge >= 0.3 is 0 Å². The molecule has 1 aromatic heterocycles. The summed E-state index contributed by atoms with van der Waals surface area (Å²) in [5.74, 6) is -0.0375. The number of benzene rings is 1. The number of amides is 1. The average Bonchev–Trinajstić information content (AvgIpc) is 2.74. The molecule has 1 aromatic carbocycles. The standard InChI is InChI=1S/C14H19N3O2/c1-10(9-19-2)16-14(18)8-17-7-6-11-12(15)4-3-5-13(11)17/h3-7,10H,8-9,15H2,1-2H3,(H,16,18). The maximum atomic E-state index is 11.9. The summed E-state index contributed by atoms with van der Waals surface area (Å²) in [4.78, 5) is 11.9. The number of anilines is 1. The number of ether oxygens (including phenoxy) is 1. The van der Waals surface area contributed by atoms with Crippen molar-refractivity contribution in [3.8, 4) is 0 Å². The van der Waals surface area contributed by atoms with Gasteiger partial charge in [-0.3, -0.25) is 4.79 Å². The number of nitrogens with two attached hydrogens (primary N) is 1. The first-order valence-corrected chi connectivity index (χ1v) is 6.23. The van der Waals surface area contributed by atoms with Gasteiger partial charge in [-0.15, -0.1) is 0 Å². The Hall–Kier alpha value is -2.01. The summed E-state index contributed by atoms with van der Waals surface area (Å²) >= 11 is 0. The Morgan fingerprint density at radius 3 is 3.00 bits per heavy atom. The SMILES string of the molecule is COCC(C)NC(=O)Cn1ccc2c(N)cccc21. The first-order chi connectivity index (χ1) is 9.11. The van der Waals surface area contributed by atoms with Crippen molar-refractivity contribution < 1.29 is 9.53 Å². The van der Waals surface area contributed by atoms with Crippen molar-refractivity contribution in [2.45, 2.75) is 19.5 Å². The second kappa shape index (κ2) is 5.75. The zero-order chi connectivity index (χ0) is 13.8. The number of nitrogen functional groups attached to an aromatic ring is 1. The summed E-state index contributed by atoms with van der Waals surface area (Å²) in [6, 6.07) is 7.63. The lowest BCUT2D eigenvalue weighted by Crippen LogP contribution is -2.37. The van der Waals surface area contributed by atoms with Gasteiger partial charge in [0.05, 0.1) is 12.1 Å². The molecule has 0 aliphatic rings. The third kappa shape index (κ3) is 3.06. The third-order valence-corrected chi connectivity index (χ3v) is 2.99. The minimum atomic E-state index is -0.0375. The normalized spacial score (nSPS) is 12.5.